The van der Waals surface area contributed by atoms with Gasteiger partial charge in [0.15, 0.2) is 0 Å². The third-order valence-corrected chi connectivity index (χ3v) is 4.20. The average molecular weight is 287 g/mol. The minimum atomic E-state index is -3.50. The second-order valence-electron chi connectivity index (χ2n) is 4.14. The Balaban J connectivity index is 3.22. The Bertz CT molecular complexity index is 511. The van der Waals surface area contributed by atoms with Gasteiger partial charge in [0.05, 0.1) is 22.9 Å². The quantitative estimate of drug-likeness (QED) is 0.630. The van der Waals surface area contributed by atoms with Crippen molar-refractivity contribution in [2.24, 2.45) is 0 Å². The zero-order valence-corrected chi connectivity index (χ0v) is 12.1. The largest absolute Gasteiger partial charge is 0.397 e. The van der Waals surface area contributed by atoms with Gasteiger partial charge in [-0.3, -0.25) is 0 Å². The van der Waals surface area contributed by atoms with E-state index in [0.717, 1.165) is 6.42 Å². The summed E-state index contributed by atoms with van der Waals surface area (Å²) in [5.41, 5.74) is 7.03. The Kier molecular flexibility index (Phi) is 5.59. The molecule has 0 fully saturated rings. The molecule has 19 heavy (non-hydrogen) atoms. The summed E-state index contributed by atoms with van der Waals surface area (Å²) in [5, 5.41) is 9.08. The van der Waals surface area contributed by atoms with Gasteiger partial charge in [0.25, 0.3) is 0 Å². The van der Waals surface area contributed by atoms with Gasteiger partial charge in [0.1, 0.15) is 0 Å². The maximum absolute atomic E-state index is 11.8. The SMILES string of the molecule is CCCN(CCO)c1cc(S(=O)(=O)NC)ccc1N. The summed E-state index contributed by atoms with van der Waals surface area (Å²) >= 11 is 0. The van der Waals surface area contributed by atoms with Gasteiger partial charge in [-0.05, 0) is 31.7 Å². The van der Waals surface area contributed by atoms with Gasteiger partial charge in [-0.25, -0.2) is 13.1 Å². The van der Waals surface area contributed by atoms with Crippen LogP contribution in [0.3, 0.4) is 0 Å². The Hall–Kier alpha value is -1.31. The predicted molar refractivity (Wildman–Crippen MR) is 76.7 cm³/mol. The van der Waals surface area contributed by atoms with Crippen molar-refractivity contribution in [2.45, 2.75) is 18.2 Å². The van der Waals surface area contributed by atoms with Crippen LogP contribution in [0.15, 0.2) is 23.1 Å². The first-order valence-corrected chi connectivity index (χ1v) is 7.63. The number of nitrogens with one attached hydrogen (secondary N) is 1. The number of anilines is 2. The normalized spacial score (nSPS) is 11.5. The number of aliphatic hydroxyl groups is 1. The van der Waals surface area contributed by atoms with Gasteiger partial charge in [-0.1, -0.05) is 6.92 Å². The van der Waals surface area contributed by atoms with Crippen molar-refractivity contribution in [1.82, 2.24) is 4.72 Å². The van der Waals surface area contributed by atoms with Crippen LogP contribution >= 0.6 is 0 Å². The van der Waals surface area contributed by atoms with Crippen LogP contribution in [-0.4, -0.2) is 40.3 Å². The molecular weight excluding hydrogens is 266 g/mol. The van der Waals surface area contributed by atoms with E-state index in [2.05, 4.69) is 4.72 Å². The lowest BCUT2D eigenvalue weighted by molar-refractivity contribution is 0.302. The fourth-order valence-electron chi connectivity index (χ4n) is 1.83. The fourth-order valence-corrected chi connectivity index (χ4v) is 2.58. The lowest BCUT2D eigenvalue weighted by atomic mass is 10.2. The molecule has 0 unspecified atom stereocenters. The molecule has 0 aliphatic carbocycles. The first-order valence-electron chi connectivity index (χ1n) is 6.15. The summed E-state index contributed by atoms with van der Waals surface area (Å²) in [6.45, 7) is 3.12. The smallest absolute Gasteiger partial charge is 0.240 e. The van der Waals surface area contributed by atoms with E-state index in [9.17, 15) is 8.42 Å². The lowest BCUT2D eigenvalue weighted by Gasteiger charge is -2.25. The summed E-state index contributed by atoms with van der Waals surface area (Å²) in [7, 11) is -2.13. The van der Waals surface area contributed by atoms with Crippen LogP contribution in [0.1, 0.15) is 13.3 Å². The molecule has 4 N–H and O–H groups in total. The molecule has 7 heteroatoms. The van der Waals surface area contributed by atoms with Crippen molar-refractivity contribution in [3.63, 3.8) is 0 Å². The molecule has 0 aliphatic rings. The van der Waals surface area contributed by atoms with Crippen molar-refractivity contribution in [1.29, 1.82) is 0 Å². The van der Waals surface area contributed by atoms with E-state index in [0.29, 0.717) is 24.5 Å². The molecule has 108 valence electrons. The number of hydrogen-bond donors (Lipinski definition) is 3. The van der Waals surface area contributed by atoms with Crippen LogP contribution in [-0.2, 0) is 10.0 Å². The lowest BCUT2D eigenvalue weighted by Crippen LogP contribution is -2.28. The Morgan fingerprint density at radius 1 is 1.37 bits per heavy atom. The third kappa shape index (κ3) is 3.82. The second-order valence-corrected chi connectivity index (χ2v) is 6.03. The van der Waals surface area contributed by atoms with Crippen molar-refractivity contribution >= 4 is 21.4 Å². The minimum Gasteiger partial charge on any atom is -0.397 e. The molecule has 1 aromatic carbocycles. The number of aliphatic hydroxyl groups excluding tert-OH is 1. The summed E-state index contributed by atoms with van der Waals surface area (Å²) in [4.78, 5) is 2.04. The molecule has 1 aromatic rings. The molecule has 0 aromatic heterocycles. The molecule has 1 rings (SSSR count). The molecule has 0 heterocycles. The highest BCUT2D eigenvalue weighted by Gasteiger charge is 2.16. The van der Waals surface area contributed by atoms with Crippen LogP contribution in [0.25, 0.3) is 0 Å². The topological polar surface area (TPSA) is 95.7 Å². The van der Waals surface area contributed by atoms with E-state index in [1.807, 2.05) is 11.8 Å². The predicted octanol–water partition coefficient (Wildman–Crippen LogP) is 0.386. The molecule has 0 spiro atoms. The Morgan fingerprint density at radius 3 is 2.58 bits per heavy atom. The standard InChI is InChI=1S/C12H21N3O3S/c1-3-6-15(7-8-16)12-9-10(4-5-11(12)13)19(17,18)14-2/h4-5,9,14,16H,3,6-8,13H2,1-2H3. The molecule has 0 amide bonds. The molecule has 6 nitrogen and oxygen atoms in total. The molecule has 0 saturated heterocycles. The Labute approximate surface area is 114 Å². The van der Waals surface area contributed by atoms with Crippen molar-refractivity contribution in [3.05, 3.63) is 18.2 Å². The average Bonchev–Trinajstić information content (AvgIpc) is 2.39. The third-order valence-electron chi connectivity index (χ3n) is 2.79. The molecule has 0 aliphatic heterocycles. The van der Waals surface area contributed by atoms with Crippen molar-refractivity contribution in [3.8, 4) is 0 Å². The number of nitrogen functional groups attached to an aromatic ring is 1. The second kappa shape index (κ2) is 6.74. The number of benzene rings is 1. The van der Waals surface area contributed by atoms with Crippen molar-refractivity contribution in [2.75, 3.05) is 37.4 Å². The van der Waals surface area contributed by atoms with Crippen LogP contribution in [0.4, 0.5) is 11.4 Å². The summed E-state index contributed by atoms with van der Waals surface area (Å²) in [6.07, 6.45) is 0.877. The van der Waals surface area contributed by atoms with E-state index in [-0.39, 0.29) is 11.5 Å². The highest BCUT2D eigenvalue weighted by molar-refractivity contribution is 7.89. The Morgan fingerprint density at radius 2 is 2.05 bits per heavy atom. The molecule has 0 atom stereocenters. The van der Waals surface area contributed by atoms with Gasteiger partial charge >= 0.3 is 0 Å². The number of sulfonamides is 1. The first-order chi connectivity index (χ1) is 8.96. The van der Waals surface area contributed by atoms with E-state index in [4.69, 9.17) is 10.8 Å². The summed E-state index contributed by atoms with van der Waals surface area (Å²) < 4.78 is 25.8. The van der Waals surface area contributed by atoms with E-state index in [1.165, 1.54) is 19.2 Å². The fraction of sp³-hybridized carbons (Fsp3) is 0.500. The monoisotopic (exact) mass is 287 g/mol. The van der Waals surface area contributed by atoms with E-state index >= 15 is 0 Å². The van der Waals surface area contributed by atoms with Gasteiger partial charge in [0.2, 0.25) is 10.0 Å². The van der Waals surface area contributed by atoms with Crippen molar-refractivity contribution < 1.29 is 13.5 Å². The molecule has 0 saturated carbocycles. The van der Waals surface area contributed by atoms with Crippen LogP contribution in [0.2, 0.25) is 0 Å². The number of nitrogens with two attached hydrogens (primary N) is 1. The first kappa shape index (κ1) is 15.7. The van der Waals surface area contributed by atoms with Gasteiger partial charge in [-0.15, -0.1) is 0 Å². The van der Waals surface area contributed by atoms with Crippen LogP contribution < -0.4 is 15.4 Å². The van der Waals surface area contributed by atoms with Gasteiger partial charge < -0.3 is 15.7 Å². The number of nitrogens with zero attached hydrogens (tertiary/aromatic N) is 1. The molecular formula is C12H21N3O3S. The summed E-state index contributed by atoms with van der Waals surface area (Å²) in [6, 6.07) is 4.57. The zero-order valence-electron chi connectivity index (χ0n) is 11.3. The van der Waals surface area contributed by atoms with E-state index < -0.39 is 10.0 Å². The zero-order chi connectivity index (χ0) is 14.5. The maximum Gasteiger partial charge on any atom is 0.240 e. The van der Waals surface area contributed by atoms with Gasteiger partial charge in [-0.2, -0.15) is 0 Å². The van der Waals surface area contributed by atoms with E-state index in [1.54, 1.807) is 6.07 Å². The summed E-state index contributed by atoms with van der Waals surface area (Å²) in [5.74, 6) is 0. The highest BCUT2D eigenvalue weighted by atomic mass is 32.2. The minimum absolute atomic E-state index is 0.0115. The molecule has 0 radical (unpaired) electrons. The maximum atomic E-state index is 11.8. The molecule has 0 bridgehead atoms. The number of rotatable bonds is 7. The van der Waals surface area contributed by atoms with Crippen LogP contribution in [0.5, 0.6) is 0 Å². The highest BCUT2D eigenvalue weighted by Crippen LogP contribution is 2.26. The van der Waals surface area contributed by atoms with Gasteiger partial charge in [0, 0.05) is 13.1 Å². The van der Waals surface area contributed by atoms with Crippen LogP contribution in [0, 0.1) is 0 Å². The number of hydrogen-bond acceptors (Lipinski definition) is 5.